The molecule has 1 saturated heterocycles. The Kier molecular flexibility index (Phi) is 6.32. The lowest BCUT2D eigenvalue weighted by Crippen LogP contribution is -2.51. The molecule has 0 amide bonds. The fraction of sp³-hybridized carbons (Fsp3) is 0.381. The normalized spacial score (nSPS) is 15.2. The fourth-order valence-corrected chi connectivity index (χ4v) is 3.32. The van der Waals surface area contributed by atoms with Crippen molar-refractivity contribution in [1.82, 2.24) is 4.98 Å². The van der Waals surface area contributed by atoms with Crippen molar-refractivity contribution in [3.8, 4) is 5.75 Å². The van der Waals surface area contributed by atoms with Gasteiger partial charge < -0.3 is 20.1 Å². The predicted molar refractivity (Wildman–Crippen MR) is 107 cm³/mol. The Morgan fingerprint density at radius 1 is 1.24 bits per heavy atom. The molecule has 0 aliphatic carbocycles. The summed E-state index contributed by atoms with van der Waals surface area (Å²) in [5.74, 6) is 0.342. The first kappa shape index (κ1) is 21.0. The van der Waals surface area contributed by atoms with Crippen molar-refractivity contribution in [2.24, 2.45) is 0 Å². The molecule has 0 unspecified atom stereocenters. The van der Waals surface area contributed by atoms with E-state index in [2.05, 4.69) is 39.9 Å². The number of nitrogens with one attached hydrogen (secondary N) is 1. The topological polar surface area (TPSA) is 57.6 Å². The average Bonchev–Trinajstić information content (AvgIpc) is 2.64. The van der Waals surface area contributed by atoms with Crippen LogP contribution in [0.25, 0.3) is 5.57 Å². The summed E-state index contributed by atoms with van der Waals surface area (Å²) in [6.07, 6.45) is 0.433. The number of hydrogen-bond donors (Lipinski definition) is 2. The third-order valence-electron chi connectivity index (χ3n) is 4.64. The highest BCUT2D eigenvalue weighted by molar-refractivity contribution is 5.86. The second-order valence-corrected chi connectivity index (χ2v) is 6.80. The summed E-state index contributed by atoms with van der Waals surface area (Å²) >= 11 is 0. The zero-order chi connectivity index (χ0) is 21.0. The standard InChI is InChI=1S/C21H24F3N3O2/c1-3-5-14(4-2)19-18(27-12-16(28)13-27)10-11-25-20(19)26-15-6-8-17(9-7-15)29-21(22,23)24/h5-11,16,28H,3-4,12-13H2,1-2H3,(H,25,26)/b14-5+. The van der Waals surface area contributed by atoms with Crippen LogP contribution in [0.15, 0.2) is 42.6 Å². The second kappa shape index (κ2) is 8.73. The Bertz CT molecular complexity index is 860. The van der Waals surface area contributed by atoms with Crippen LogP contribution in [-0.2, 0) is 0 Å². The van der Waals surface area contributed by atoms with Crippen LogP contribution in [0.5, 0.6) is 5.75 Å². The van der Waals surface area contributed by atoms with Gasteiger partial charge in [0.05, 0.1) is 6.10 Å². The van der Waals surface area contributed by atoms with Crippen LogP contribution >= 0.6 is 0 Å². The van der Waals surface area contributed by atoms with Crippen LogP contribution in [0.3, 0.4) is 0 Å². The molecule has 29 heavy (non-hydrogen) atoms. The van der Waals surface area contributed by atoms with Crippen molar-refractivity contribution < 1.29 is 23.0 Å². The van der Waals surface area contributed by atoms with E-state index >= 15 is 0 Å². The van der Waals surface area contributed by atoms with Crippen molar-refractivity contribution in [2.45, 2.75) is 39.2 Å². The molecule has 8 heteroatoms. The van der Waals surface area contributed by atoms with E-state index in [0.29, 0.717) is 24.6 Å². The van der Waals surface area contributed by atoms with Gasteiger partial charge in [0, 0.05) is 36.2 Å². The summed E-state index contributed by atoms with van der Waals surface area (Å²) in [4.78, 5) is 6.56. The number of halogens is 3. The van der Waals surface area contributed by atoms with Crippen molar-refractivity contribution in [2.75, 3.05) is 23.3 Å². The monoisotopic (exact) mass is 407 g/mol. The Balaban J connectivity index is 1.92. The van der Waals surface area contributed by atoms with Gasteiger partial charge in [0.25, 0.3) is 0 Å². The predicted octanol–water partition coefficient (Wildman–Crippen LogP) is 5.11. The lowest BCUT2D eigenvalue weighted by atomic mass is 9.98. The molecule has 156 valence electrons. The average molecular weight is 407 g/mol. The molecule has 2 aromatic rings. The number of β-amino-alcohol motifs (C(OH)–C–C–N with tert-alkyl or cyclic N) is 1. The lowest BCUT2D eigenvalue weighted by molar-refractivity contribution is -0.274. The summed E-state index contributed by atoms with van der Waals surface area (Å²) < 4.78 is 41.0. The number of benzene rings is 1. The summed E-state index contributed by atoms with van der Waals surface area (Å²) in [6, 6.07) is 7.47. The number of hydrogen-bond acceptors (Lipinski definition) is 5. The van der Waals surface area contributed by atoms with Crippen molar-refractivity contribution in [3.05, 3.63) is 48.2 Å². The SMILES string of the molecule is CC/C=C(\CC)c1c(N2CC(O)C2)ccnc1Nc1ccc(OC(F)(F)F)cc1. The molecule has 2 N–H and O–H groups in total. The molecule has 5 nitrogen and oxygen atoms in total. The van der Waals surface area contributed by atoms with E-state index in [9.17, 15) is 18.3 Å². The molecular formula is C21H24F3N3O2. The Labute approximate surface area is 167 Å². The highest BCUT2D eigenvalue weighted by Crippen LogP contribution is 2.37. The molecule has 0 radical (unpaired) electrons. The molecule has 0 bridgehead atoms. The first-order valence-corrected chi connectivity index (χ1v) is 9.55. The van der Waals surface area contributed by atoms with Gasteiger partial charge in [-0.2, -0.15) is 0 Å². The quantitative estimate of drug-likeness (QED) is 0.668. The van der Waals surface area contributed by atoms with Gasteiger partial charge in [-0.25, -0.2) is 4.98 Å². The number of ether oxygens (including phenoxy) is 1. The number of pyridine rings is 1. The summed E-state index contributed by atoms with van der Waals surface area (Å²) in [7, 11) is 0. The minimum absolute atomic E-state index is 0.278. The van der Waals surface area contributed by atoms with Gasteiger partial charge in [-0.3, -0.25) is 0 Å². The van der Waals surface area contributed by atoms with E-state index in [1.165, 1.54) is 24.3 Å². The molecular weight excluding hydrogens is 383 g/mol. The Morgan fingerprint density at radius 3 is 2.48 bits per heavy atom. The molecule has 3 rings (SSSR count). The maximum absolute atomic E-state index is 12.4. The lowest BCUT2D eigenvalue weighted by Gasteiger charge is -2.39. The van der Waals surface area contributed by atoms with Crippen molar-refractivity contribution in [3.63, 3.8) is 0 Å². The fourth-order valence-electron chi connectivity index (χ4n) is 3.32. The first-order chi connectivity index (χ1) is 13.8. The molecule has 1 fully saturated rings. The maximum Gasteiger partial charge on any atom is 0.573 e. The summed E-state index contributed by atoms with van der Waals surface area (Å²) in [5, 5.41) is 12.9. The Morgan fingerprint density at radius 2 is 1.93 bits per heavy atom. The number of alkyl halides is 3. The van der Waals surface area contributed by atoms with E-state index in [-0.39, 0.29) is 11.9 Å². The molecule has 0 spiro atoms. The minimum atomic E-state index is -4.72. The number of aromatic nitrogens is 1. The third kappa shape index (κ3) is 5.20. The number of aliphatic hydroxyl groups excluding tert-OH is 1. The van der Waals surface area contributed by atoms with E-state index in [4.69, 9.17) is 0 Å². The van der Waals surface area contributed by atoms with E-state index in [1.807, 2.05) is 6.07 Å². The minimum Gasteiger partial charge on any atom is -0.406 e. The maximum atomic E-state index is 12.4. The number of allylic oxidation sites excluding steroid dienone is 2. The van der Waals surface area contributed by atoms with Crippen LogP contribution in [0.1, 0.15) is 32.3 Å². The number of anilines is 3. The smallest absolute Gasteiger partial charge is 0.406 e. The summed E-state index contributed by atoms with van der Waals surface area (Å²) in [6.45, 7) is 5.24. The highest BCUT2D eigenvalue weighted by atomic mass is 19.4. The van der Waals surface area contributed by atoms with Crippen molar-refractivity contribution >= 4 is 22.8 Å². The first-order valence-electron chi connectivity index (χ1n) is 9.55. The summed E-state index contributed by atoms with van der Waals surface area (Å²) in [5.41, 5.74) is 3.64. The van der Waals surface area contributed by atoms with Crippen LogP contribution in [0, 0.1) is 0 Å². The number of nitrogens with zero attached hydrogens (tertiary/aromatic N) is 2. The van der Waals surface area contributed by atoms with Gasteiger partial charge in [0.2, 0.25) is 0 Å². The molecule has 1 aromatic carbocycles. The van der Waals surface area contributed by atoms with Crippen molar-refractivity contribution in [1.29, 1.82) is 0 Å². The van der Waals surface area contributed by atoms with Gasteiger partial charge in [0.1, 0.15) is 11.6 Å². The zero-order valence-electron chi connectivity index (χ0n) is 16.3. The molecule has 0 atom stereocenters. The molecule has 1 aliphatic heterocycles. The van der Waals surface area contributed by atoms with Gasteiger partial charge in [0.15, 0.2) is 0 Å². The third-order valence-corrected chi connectivity index (χ3v) is 4.64. The molecule has 1 aliphatic rings. The molecule has 2 heterocycles. The van der Waals surface area contributed by atoms with E-state index in [0.717, 1.165) is 29.7 Å². The van der Waals surface area contributed by atoms with Gasteiger partial charge in [-0.1, -0.05) is 19.9 Å². The molecule has 1 aromatic heterocycles. The van der Waals surface area contributed by atoms with Crippen LogP contribution < -0.4 is 15.0 Å². The zero-order valence-corrected chi connectivity index (χ0v) is 16.3. The number of rotatable bonds is 7. The second-order valence-electron chi connectivity index (χ2n) is 6.80. The number of aliphatic hydroxyl groups is 1. The largest absolute Gasteiger partial charge is 0.573 e. The van der Waals surface area contributed by atoms with Crippen LogP contribution in [0.2, 0.25) is 0 Å². The highest BCUT2D eigenvalue weighted by Gasteiger charge is 2.31. The van der Waals surface area contributed by atoms with E-state index < -0.39 is 6.36 Å². The van der Waals surface area contributed by atoms with Gasteiger partial charge in [-0.15, -0.1) is 13.2 Å². The van der Waals surface area contributed by atoms with E-state index in [1.54, 1.807) is 6.20 Å². The van der Waals surface area contributed by atoms with Gasteiger partial charge in [-0.05, 0) is 48.7 Å². The van der Waals surface area contributed by atoms with Gasteiger partial charge >= 0.3 is 6.36 Å². The molecule has 0 saturated carbocycles. The van der Waals surface area contributed by atoms with Crippen LogP contribution in [-0.4, -0.2) is 35.6 Å². The van der Waals surface area contributed by atoms with Crippen LogP contribution in [0.4, 0.5) is 30.4 Å². The Hall–Kier alpha value is -2.74.